The summed E-state index contributed by atoms with van der Waals surface area (Å²) in [6.07, 6.45) is 3.89. The zero-order chi connectivity index (χ0) is 12.6. The number of unbranched alkanes of at least 4 members (excludes halogenated alkanes) is 1. The molecule has 0 saturated carbocycles. The first-order valence-electron chi connectivity index (χ1n) is 7.28. The van der Waals surface area contributed by atoms with Crippen molar-refractivity contribution in [1.82, 2.24) is 15.5 Å². The van der Waals surface area contributed by atoms with E-state index in [2.05, 4.69) is 36.3 Å². The summed E-state index contributed by atoms with van der Waals surface area (Å²) in [6.45, 7) is 15.3. The Kier molecular flexibility index (Phi) is 7.09. The first-order valence-corrected chi connectivity index (χ1v) is 7.28. The summed E-state index contributed by atoms with van der Waals surface area (Å²) >= 11 is 0. The molecule has 1 aliphatic heterocycles. The predicted molar refractivity (Wildman–Crippen MR) is 75.5 cm³/mol. The lowest BCUT2D eigenvalue weighted by molar-refractivity contribution is 0.235. The number of piperazine rings is 1. The highest BCUT2D eigenvalue weighted by molar-refractivity contribution is 4.70. The van der Waals surface area contributed by atoms with Gasteiger partial charge in [-0.2, -0.15) is 0 Å². The molecule has 0 aromatic carbocycles. The summed E-state index contributed by atoms with van der Waals surface area (Å²) in [4.78, 5) is 2.58. The van der Waals surface area contributed by atoms with Gasteiger partial charge in [-0.3, -0.25) is 0 Å². The Morgan fingerprint density at radius 1 is 1.18 bits per heavy atom. The molecule has 0 aromatic heterocycles. The molecule has 3 nitrogen and oxygen atoms in total. The molecule has 2 N–H and O–H groups in total. The van der Waals surface area contributed by atoms with Gasteiger partial charge in [0.05, 0.1) is 0 Å². The van der Waals surface area contributed by atoms with Gasteiger partial charge in [0.25, 0.3) is 0 Å². The summed E-state index contributed by atoms with van der Waals surface area (Å²) in [7, 11) is 0. The smallest absolute Gasteiger partial charge is 0.0107 e. The second-order valence-corrected chi connectivity index (χ2v) is 5.99. The summed E-state index contributed by atoms with van der Waals surface area (Å²) < 4.78 is 0. The van der Waals surface area contributed by atoms with Crippen LogP contribution in [0.2, 0.25) is 0 Å². The molecule has 1 rings (SSSR count). The molecule has 0 aliphatic carbocycles. The van der Waals surface area contributed by atoms with Crippen LogP contribution in [-0.4, -0.2) is 50.7 Å². The summed E-state index contributed by atoms with van der Waals surface area (Å²) in [5.41, 5.74) is 0.457. The summed E-state index contributed by atoms with van der Waals surface area (Å²) in [5, 5.41) is 6.98. The standard InChI is InChI=1S/C14H31N3/c1-4-14(2,3)13-16-7-5-6-10-17-11-8-15-9-12-17/h15-16H,4-13H2,1-3H3. The Morgan fingerprint density at radius 2 is 1.88 bits per heavy atom. The van der Waals surface area contributed by atoms with Crippen molar-refractivity contribution < 1.29 is 0 Å². The van der Waals surface area contributed by atoms with E-state index in [1.165, 1.54) is 58.5 Å². The highest BCUT2D eigenvalue weighted by atomic mass is 15.2. The molecule has 1 saturated heterocycles. The van der Waals surface area contributed by atoms with Crippen LogP contribution in [0.5, 0.6) is 0 Å². The van der Waals surface area contributed by atoms with Gasteiger partial charge in [0, 0.05) is 32.7 Å². The zero-order valence-corrected chi connectivity index (χ0v) is 12.0. The minimum Gasteiger partial charge on any atom is -0.316 e. The van der Waals surface area contributed by atoms with E-state index in [9.17, 15) is 0 Å². The van der Waals surface area contributed by atoms with Crippen molar-refractivity contribution in [2.45, 2.75) is 40.0 Å². The van der Waals surface area contributed by atoms with Crippen LogP contribution in [0.1, 0.15) is 40.0 Å². The zero-order valence-electron chi connectivity index (χ0n) is 12.0. The largest absolute Gasteiger partial charge is 0.316 e. The second-order valence-electron chi connectivity index (χ2n) is 5.99. The van der Waals surface area contributed by atoms with E-state index in [1.807, 2.05) is 0 Å². The minimum absolute atomic E-state index is 0.457. The van der Waals surface area contributed by atoms with Crippen molar-refractivity contribution in [3.63, 3.8) is 0 Å². The van der Waals surface area contributed by atoms with Gasteiger partial charge in [0.15, 0.2) is 0 Å². The molecule has 0 radical (unpaired) electrons. The molecule has 0 spiro atoms. The first-order chi connectivity index (χ1) is 8.14. The number of nitrogens with zero attached hydrogens (tertiary/aromatic N) is 1. The van der Waals surface area contributed by atoms with Gasteiger partial charge in [-0.25, -0.2) is 0 Å². The molecule has 1 heterocycles. The number of rotatable bonds is 8. The minimum atomic E-state index is 0.457. The fourth-order valence-electron chi connectivity index (χ4n) is 2.07. The summed E-state index contributed by atoms with van der Waals surface area (Å²) in [6, 6.07) is 0. The van der Waals surface area contributed by atoms with Crippen LogP contribution in [0.15, 0.2) is 0 Å². The molecule has 1 aliphatic rings. The number of hydrogen-bond acceptors (Lipinski definition) is 3. The second kappa shape index (κ2) is 8.06. The molecular weight excluding hydrogens is 210 g/mol. The van der Waals surface area contributed by atoms with Crippen molar-refractivity contribution in [1.29, 1.82) is 0 Å². The normalized spacial score (nSPS) is 18.5. The maximum atomic E-state index is 3.58. The van der Waals surface area contributed by atoms with E-state index in [1.54, 1.807) is 0 Å². The molecule has 17 heavy (non-hydrogen) atoms. The quantitative estimate of drug-likeness (QED) is 0.633. The molecule has 3 heteroatoms. The lowest BCUT2D eigenvalue weighted by Gasteiger charge is -2.27. The van der Waals surface area contributed by atoms with Gasteiger partial charge in [0.1, 0.15) is 0 Å². The molecule has 1 fully saturated rings. The van der Waals surface area contributed by atoms with Gasteiger partial charge in [-0.1, -0.05) is 20.8 Å². The summed E-state index contributed by atoms with van der Waals surface area (Å²) in [5.74, 6) is 0. The Balaban J connectivity index is 1.90. The van der Waals surface area contributed by atoms with Crippen molar-refractivity contribution >= 4 is 0 Å². The Bertz CT molecular complexity index is 186. The molecular formula is C14H31N3. The number of nitrogens with one attached hydrogen (secondary N) is 2. The molecule has 0 atom stereocenters. The lowest BCUT2D eigenvalue weighted by atomic mass is 9.90. The van der Waals surface area contributed by atoms with Crippen LogP contribution < -0.4 is 10.6 Å². The van der Waals surface area contributed by atoms with Gasteiger partial charge in [0.2, 0.25) is 0 Å². The lowest BCUT2D eigenvalue weighted by Crippen LogP contribution is -2.43. The maximum Gasteiger partial charge on any atom is 0.0107 e. The molecule has 0 amide bonds. The van der Waals surface area contributed by atoms with Crippen LogP contribution in [0.3, 0.4) is 0 Å². The first kappa shape index (κ1) is 14.9. The Morgan fingerprint density at radius 3 is 2.53 bits per heavy atom. The van der Waals surface area contributed by atoms with Crippen molar-refractivity contribution in [2.75, 3.05) is 45.8 Å². The van der Waals surface area contributed by atoms with Gasteiger partial charge >= 0.3 is 0 Å². The fraction of sp³-hybridized carbons (Fsp3) is 1.00. The number of hydrogen-bond donors (Lipinski definition) is 2. The van der Waals surface area contributed by atoms with E-state index in [-0.39, 0.29) is 0 Å². The maximum absolute atomic E-state index is 3.58. The monoisotopic (exact) mass is 241 g/mol. The molecule has 0 unspecified atom stereocenters. The molecule has 0 aromatic rings. The SMILES string of the molecule is CCC(C)(C)CNCCCCN1CCNCC1. The van der Waals surface area contributed by atoms with E-state index < -0.39 is 0 Å². The van der Waals surface area contributed by atoms with Crippen LogP contribution in [-0.2, 0) is 0 Å². The Labute approximate surface area is 107 Å². The van der Waals surface area contributed by atoms with Crippen LogP contribution in [0.4, 0.5) is 0 Å². The van der Waals surface area contributed by atoms with Gasteiger partial charge in [-0.05, 0) is 37.8 Å². The molecule has 102 valence electrons. The van der Waals surface area contributed by atoms with Crippen molar-refractivity contribution in [3.05, 3.63) is 0 Å². The van der Waals surface area contributed by atoms with Gasteiger partial charge < -0.3 is 15.5 Å². The van der Waals surface area contributed by atoms with Crippen LogP contribution in [0.25, 0.3) is 0 Å². The predicted octanol–water partition coefficient (Wildman–Crippen LogP) is 1.70. The van der Waals surface area contributed by atoms with Gasteiger partial charge in [-0.15, -0.1) is 0 Å². The Hall–Kier alpha value is -0.120. The highest BCUT2D eigenvalue weighted by Gasteiger charge is 2.13. The van der Waals surface area contributed by atoms with Crippen molar-refractivity contribution in [3.8, 4) is 0 Å². The van der Waals surface area contributed by atoms with E-state index in [0.717, 1.165) is 6.54 Å². The molecule has 0 bridgehead atoms. The third-order valence-corrected chi connectivity index (χ3v) is 3.85. The van der Waals surface area contributed by atoms with E-state index in [4.69, 9.17) is 0 Å². The van der Waals surface area contributed by atoms with Crippen molar-refractivity contribution in [2.24, 2.45) is 5.41 Å². The van der Waals surface area contributed by atoms with E-state index >= 15 is 0 Å². The van der Waals surface area contributed by atoms with Crippen LogP contribution >= 0.6 is 0 Å². The third kappa shape index (κ3) is 7.02. The highest BCUT2D eigenvalue weighted by Crippen LogP contribution is 2.17. The average Bonchev–Trinajstić information content (AvgIpc) is 2.35. The van der Waals surface area contributed by atoms with E-state index in [0.29, 0.717) is 5.41 Å². The fourth-order valence-corrected chi connectivity index (χ4v) is 2.07. The topological polar surface area (TPSA) is 27.3 Å². The van der Waals surface area contributed by atoms with Crippen LogP contribution in [0, 0.1) is 5.41 Å². The average molecular weight is 241 g/mol. The third-order valence-electron chi connectivity index (χ3n) is 3.85.